The van der Waals surface area contributed by atoms with E-state index in [9.17, 15) is 13.2 Å². The highest BCUT2D eigenvalue weighted by Gasteiger charge is 2.28. The fourth-order valence-corrected chi connectivity index (χ4v) is 1.59. The fourth-order valence-electron chi connectivity index (χ4n) is 1.59. The van der Waals surface area contributed by atoms with E-state index in [0.29, 0.717) is 19.1 Å². The van der Waals surface area contributed by atoms with Crippen LogP contribution < -0.4 is 15.4 Å². The van der Waals surface area contributed by atoms with Crippen molar-refractivity contribution in [3.05, 3.63) is 23.9 Å². The van der Waals surface area contributed by atoms with E-state index in [-0.39, 0.29) is 5.88 Å². The zero-order chi connectivity index (χ0) is 17.1. The minimum atomic E-state index is -4.37. The second kappa shape index (κ2) is 9.88. The highest BCUT2D eigenvalue weighted by molar-refractivity contribution is 5.79. The summed E-state index contributed by atoms with van der Waals surface area (Å²) in [4.78, 5) is 7.89. The summed E-state index contributed by atoms with van der Waals surface area (Å²) in [7, 11) is 3.29. The third-order valence-corrected chi connectivity index (χ3v) is 2.68. The van der Waals surface area contributed by atoms with Crippen LogP contribution in [-0.4, -0.2) is 51.0 Å². The Morgan fingerprint density at radius 1 is 1.30 bits per heavy atom. The van der Waals surface area contributed by atoms with Crippen LogP contribution in [0.25, 0.3) is 0 Å². The molecule has 2 N–H and O–H groups in total. The molecule has 9 heteroatoms. The number of ether oxygens (including phenoxy) is 2. The SMILES string of the molecule is CN=C(NCCCOC)NCc1ccc(OCC(F)(F)F)nc1. The highest BCUT2D eigenvalue weighted by Crippen LogP contribution is 2.16. The molecule has 1 aromatic heterocycles. The van der Waals surface area contributed by atoms with Gasteiger partial charge in [-0.05, 0) is 12.0 Å². The zero-order valence-corrected chi connectivity index (χ0v) is 13.1. The second-order valence-corrected chi connectivity index (χ2v) is 4.61. The lowest BCUT2D eigenvalue weighted by Gasteiger charge is -2.12. The standard InChI is InChI=1S/C14H21F3N4O2/c1-18-13(19-6-3-7-22-2)21-9-11-4-5-12(20-8-11)23-10-14(15,16)17/h4-5,8H,3,6-7,9-10H2,1-2H3,(H2,18,19,21). The van der Waals surface area contributed by atoms with Crippen molar-refractivity contribution < 1.29 is 22.6 Å². The molecule has 0 saturated heterocycles. The largest absolute Gasteiger partial charge is 0.468 e. The van der Waals surface area contributed by atoms with Gasteiger partial charge in [-0.1, -0.05) is 6.07 Å². The molecule has 0 spiro atoms. The Morgan fingerprint density at radius 3 is 2.65 bits per heavy atom. The van der Waals surface area contributed by atoms with Gasteiger partial charge in [-0.15, -0.1) is 0 Å². The van der Waals surface area contributed by atoms with Crippen molar-refractivity contribution in [2.45, 2.75) is 19.1 Å². The van der Waals surface area contributed by atoms with Gasteiger partial charge in [0.25, 0.3) is 0 Å². The maximum absolute atomic E-state index is 12.0. The quantitative estimate of drug-likeness (QED) is 0.430. The van der Waals surface area contributed by atoms with Crippen molar-refractivity contribution in [3.8, 4) is 5.88 Å². The Bertz CT molecular complexity index is 478. The molecule has 6 nitrogen and oxygen atoms in total. The number of rotatable bonds is 8. The molecular formula is C14H21F3N4O2. The van der Waals surface area contributed by atoms with Crippen molar-refractivity contribution in [2.24, 2.45) is 4.99 Å². The van der Waals surface area contributed by atoms with Gasteiger partial charge in [-0.3, -0.25) is 4.99 Å². The van der Waals surface area contributed by atoms with E-state index in [4.69, 9.17) is 4.74 Å². The summed E-state index contributed by atoms with van der Waals surface area (Å²) < 4.78 is 45.6. The van der Waals surface area contributed by atoms with Gasteiger partial charge >= 0.3 is 6.18 Å². The van der Waals surface area contributed by atoms with Gasteiger partial charge in [0, 0.05) is 46.1 Å². The molecule has 23 heavy (non-hydrogen) atoms. The topological polar surface area (TPSA) is 67.8 Å². The van der Waals surface area contributed by atoms with E-state index in [0.717, 1.165) is 18.5 Å². The molecule has 0 aliphatic heterocycles. The first-order chi connectivity index (χ1) is 10.9. The van der Waals surface area contributed by atoms with E-state index < -0.39 is 12.8 Å². The van der Waals surface area contributed by atoms with Crippen molar-refractivity contribution in [1.82, 2.24) is 15.6 Å². The van der Waals surface area contributed by atoms with Crippen LogP contribution in [0, 0.1) is 0 Å². The third kappa shape index (κ3) is 8.87. The van der Waals surface area contributed by atoms with E-state index in [1.807, 2.05) is 0 Å². The van der Waals surface area contributed by atoms with E-state index >= 15 is 0 Å². The average molecular weight is 334 g/mol. The van der Waals surface area contributed by atoms with Crippen LogP contribution in [0.1, 0.15) is 12.0 Å². The molecule has 1 rings (SSSR count). The lowest BCUT2D eigenvalue weighted by atomic mass is 10.3. The van der Waals surface area contributed by atoms with Gasteiger partial charge in [-0.25, -0.2) is 4.98 Å². The molecule has 0 amide bonds. The minimum absolute atomic E-state index is 0.0619. The highest BCUT2D eigenvalue weighted by atomic mass is 19.4. The summed E-state index contributed by atoms with van der Waals surface area (Å²) >= 11 is 0. The Morgan fingerprint density at radius 2 is 2.09 bits per heavy atom. The molecule has 1 aromatic rings. The zero-order valence-electron chi connectivity index (χ0n) is 13.1. The van der Waals surface area contributed by atoms with Crippen molar-refractivity contribution in [3.63, 3.8) is 0 Å². The maximum Gasteiger partial charge on any atom is 0.422 e. The maximum atomic E-state index is 12.0. The first-order valence-electron chi connectivity index (χ1n) is 7.02. The van der Waals surface area contributed by atoms with Gasteiger partial charge in [0.05, 0.1) is 0 Å². The van der Waals surface area contributed by atoms with Crippen LogP contribution >= 0.6 is 0 Å². The number of aliphatic imine (C=N–C) groups is 1. The second-order valence-electron chi connectivity index (χ2n) is 4.61. The molecule has 0 radical (unpaired) electrons. The molecule has 0 saturated carbocycles. The van der Waals surface area contributed by atoms with E-state index in [1.54, 1.807) is 20.2 Å². The lowest BCUT2D eigenvalue weighted by molar-refractivity contribution is -0.154. The Balaban J connectivity index is 2.36. The number of methoxy groups -OCH3 is 1. The predicted octanol–water partition coefficient (Wildman–Crippen LogP) is 1.72. The molecule has 0 aliphatic rings. The van der Waals surface area contributed by atoms with Gasteiger partial charge in [-0.2, -0.15) is 13.2 Å². The first-order valence-corrected chi connectivity index (χ1v) is 7.02. The van der Waals surface area contributed by atoms with E-state index in [2.05, 4.69) is 25.3 Å². The van der Waals surface area contributed by atoms with Crippen LogP contribution in [0.2, 0.25) is 0 Å². The number of aromatic nitrogens is 1. The number of guanidine groups is 1. The predicted molar refractivity (Wildman–Crippen MR) is 80.5 cm³/mol. The monoisotopic (exact) mass is 334 g/mol. The molecule has 0 unspecified atom stereocenters. The number of nitrogens with zero attached hydrogens (tertiary/aromatic N) is 2. The molecule has 0 atom stereocenters. The van der Waals surface area contributed by atoms with Crippen LogP contribution in [0.4, 0.5) is 13.2 Å². The van der Waals surface area contributed by atoms with Crippen LogP contribution in [0.5, 0.6) is 5.88 Å². The Hall–Kier alpha value is -2.03. The van der Waals surface area contributed by atoms with Gasteiger partial charge in [0.1, 0.15) is 0 Å². The smallest absolute Gasteiger partial charge is 0.422 e. The number of alkyl halides is 3. The van der Waals surface area contributed by atoms with Crippen LogP contribution in [0.3, 0.4) is 0 Å². The van der Waals surface area contributed by atoms with Crippen molar-refractivity contribution in [2.75, 3.05) is 33.9 Å². The summed E-state index contributed by atoms with van der Waals surface area (Å²) in [5.41, 5.74) is 0.796. The lowest BCUT2D eigenvalue weighted by Crippen LogP contribution is -2.37. The summed E-state index contributed by atoms with van der Waals surface area (Å²) in [5.74, 6) is 0.562. The summed E-state index contributed by atoms with van der Waals surface area (Å²) in [5, 5.41) is 6.19. The fraction of sp³-hybridized carbons (Fsp3) is 0.571. The van der Waals surface area contributed by atoms with Gasteiger partial charge in [0.15, 0.2) is 12.6 Å². The molecule has 1 heterocycles. The average Bonchev–Trinajstić information content (AvgIpc) is 2.52. The molecule has 0 fully saturated rings. The molecule has 0 aliphatic carbocycles. The molecule has 0 bridgehead atoms. The normalized spacial score (nSPS) is 12.1. The number of halogens is 3. The van der Waals surface area contributed by atoms with E-state index in [1.165, 1.54) is 12.3 Å². The summed E-state index contributed by atoms with van der Waals surface area (Å²) in [6, 6.07) is 3.04. The molecular weight excluding hydrogens is 313 g/mol. The van der Waals surface area contributed by atoms with Crippen LogP contribution in [0.15, 0.2) is 23.3 Å². The number of hydrogen-bond donors (Lipinski definition) is 2. The van der Waals surface area contributed by atoms with Crippen molar-refractivity contribution >= 4 is 5.96 Å². The Kier molecular flexibility index (Phi) is 8.17. The summed E-state index contributed by atoms with van der Waals surface area (Å²) in [6.07, 6.45) is -2.07. The molecule has 0 aromatic carbocycles. The number of hydrogen-bond acceptors (Lipinski definition) is 4. The molecule has 130 valence electrons. The third-order valence-electron chi connectivity index (χ3n) is 2.68. The van der Waals surface area contributed by atoms with Gasteiger partial charge in [0.2, 0.25) is 5.88 Å². The van der Waals surface area contributed by atoms with Crippen LogP contribution in [-0.2, 0) is 11.3 Å². The minimum Gasteiger partial charge on any atom is -0.468 e. The van der Waals surface area contributed by atoms with Crippen molar-refractivity contribution in [1.29, 1.82) is 0 Å². The summed E-state index contributed by atoms with van der Waals surface area (Å²) in [6.45, 7) is 0.468. The number of nitrogens with one attached hydrogen (secondary N) is 2. The Labute approximate surface area is 133 Å². The van der Waals surface area contributed by atoms with Gasteiger partial charge < -0.3 is 20.1 Å². The first kappa shape index (κ1) is 19.0. The number of pyridine rings is 1.